The maximum atomic E-state index is 11.3. The lowest BCUT2D eigenvalue weighted by molar-refractivity contribution is -0.143. The van der Waals surface area contributed by atoms with Crippen LogP contribution < -0.4 is 0 Å². The molecule has 1 aliphatic heterocycles. The molecule has 1 rings (SSSR count). The van der Waals surface area contributed by atoms with Gasteiger partial charge in [0.1, 0.15) is 6.04 Å². The average molecular weight is 237 g/mol. The molecule has 6 nitrogen and oxygen atoms in total. The van der Waals surface area contributed by atoms with Crippen molar-refractivity contribution >= 4 is 16.0 Å². The average Bonchev–Trinajstić information content (AvgIpc) is 2.15. The molecule has 0 aliphatic carbocycles. The lowest BCUT2D eigenvalue weighted by atomic mass is 9.95. The molecule has 15 heavy (non-hydrogen) atoms. The summed E-state index contributed by atoms with van der Waals surface area (Å²) < 4.78 is 23.6. The number of carbonyl (C=O) groups is 1. The first-order valence-corrected chi connectivity index (χ1v) is 6.51. The molecule has 0 saturated carbocycles. The Morgan fingerprint density at radius 2 is 2.07 bits per heavy atom. The number of aliphatic carboxylic acids is 1. The fourth-order valence-electron chi connectivity index (χ4n) is 1.77. The van der Waals surface area contributed by atoms with Crippen molar-refractivity contribution in [2.24, 2.45) is 5.92 Å². The second-order valence-corrected chi connectivity index (χ2v) is 5.75. The number of aliphatic hydroxyl groups is 1. The summed E-state index contributed by atoms with van der Waals surface area (Å²) in [6.45, 7) is -0.0232. The molecule has 1 saturated heterocycles. The number of aliphatic hydroxyl groups excluding tert-OH is 1. The normalized spacial score (nSPS) is 28.9. The number of piperidine rings is 1. The van der Waals surface area contributed by atoms with Crippen molar-refractivity contribution in [1.82, 2.24) is 4.31 Å². The molecule has 2 unspecified atom stereocenters. The number of hydrogen-bond acceptors (Lipinski definition) is 4. The van der Waals surface area contributed by atoms with Crippen molar-refractivity contribution in [3.05, 3.63) is 0 Å². The fraction of sp³-hybridized carbons (Fsp3) is 0.875. The highest BCUT2D eigenvalue weighted by atomic mass is 32.2. The molecule has 2 N–H and O–H groups in total. The standard InChI is InChI=1S/C8H15NO5S/c1-15(13,14)9-4-6(5-10)2-3-7(9)8(11)12/h6-7,10H,2-5H2,1H3,(H,11,12). The number of hydrogen-bond donors (Lipinski definition) is 2. The lowest BCUT2D eigenvalue weighted by Gasteiger charge is -2.34. The SMILES string of the molecule is CS(=O)(=O)N1CC(CO)CCC1C(=O)O. The summed E-state index contributed by atoms with van der Waals surface area (Å²) in [7, 11) is -3.52. The van der Waals surface area contributed by atoms with Crippen LogP contribution in [0.3, 0.4) is 0 Å². The molecule has 0 aromatic heterocycles. The van der Waals surface area contributed by atoms with Gasteiger partial charge in [0.15, 0.2) is 0 Å². The van der Waals surface area contributed by atoms with Crippen molar-refractivity contribution in [3.63, 3.8) is 0 Å². The molecule has 0 radical (unpaired) electrons. The lowest BCUT2D eigenvalue weighted by Crippen LogP contribution is -2.50. The molecule has 0 aromatic rings. The minimum Gasteiger partial charge on any atom is -0.480 e. The smallest absolute Gasteiger partial charge is 0.322 e. The zero-order valence-corrected chi connectivity index (χ0v) is 9.27. The van der Waals surface area contributed by atoms with Crippen LogP contribution in [0.4, 0.5) is 0 Å². The van der Waals surface area contributed by atoms with Gasteiger partial charge in [0.2, 0.25) is 10.0 Å². The number of rotatable bonds is 3. The third-order valence-corrected chi connectivity index (χ3v) is 3.86. The Morgan fingerprint density at radius 1 is 1.47 bits per heavy atom. The Morgan fingerprint density at radius 3 is 2.47 bits per heavy atom. The molecule has 7 heteroatoms. The van der Waals surface area contributed by atoms with Crippen molar-refractivity contribution in [2.45, 2.75) is 18.9 Å². The molecule has 1 heterocycles. The summed E-state index contributed by atoms with van der Waals surface area (Å²) in [5, 5.41) is 17.8. The van der Waals surface area contributed by atoms with Crippen LogP contribution in [0, 0.1) is 5.92 Å². The molecule has 0 spiro atoms. The molecule has 0 aromatic carbocycles. The summed E-state index contributed by atoms with van der Waals surface area (Å²) in [4.78, 5) is 10.8. The van der Waals surface area contributed by atoms with Gasteiger partial charge < -0.3 is 10.2 Å². The zero-order valence-electron chi connectivity index (χ0n) is 8.46. The van der Waals surface area contributed by atoms with Gasteiger partial charge in [0.05, 0.1) is 6.26 Å². The molecule has 2 atom stereocenters. The van der Waals surface area contributed by atoms with Crippen LogP contribution in [0.15, 0.2) is 0 Å². The summed E-state index contributed by atoms with van der Waals surface area (Å²) in [5.41, 5.74) is 0. The van der Waals surface area contributed by atoms with E-state index >= 15 is 0 Å². The van der Waals surface area contributed by atoms with E-state index < -0.39 is 22.0 Å². The molecule has 88 valence electrons. The molecule has 1 fully saturated rings. The van der Waals surface area contributed by atoms with E-state index in [9.17, 15) is 13.2 Å². The number of sulfonamides is 1. The second-order valence-electron chi connectivity index (χ2n) is 3.81. The van der Waals surface area contributed by atoms with Gasteiger partial charge in [-0.3, -0.25) is 4.79 Å². The summed E-state index contributed by atoms with van der Waals surface area (Å²) in [6.07, 6.45) is 1.79. The Labute approximate surface area is 88.6 Å². The molecule has 1 aliphatic rings. The minimum atomic E-state index is -3.52. The molecular formula is C8H15NO5S. The van der Waals surface area contributed by atoms with Gasteiger partial charge in [0, 0.05) is 13.2 Å². The fourth-order valence-corrected chi connectivity index (χ4v) is 2.91. The third-order valence-electron chi connectivity index (χ3n) is 2.60. The van der Waals surface area contributed by atoms with Crippen LogP contribution in [0.1, 0.15) is 12.8 Å². The number of carboxylic acids is 1. The highest BCUT2D eigenvalue weighted by Crippen LogP contribution is 2.24. The Hall–Kier alpha value is -0.660. The van der Waals surface area contributed by atoms with E-state index in [4.69, 9.17) is 10.2 Å². The first kappa shape index (κ1) is 12.4. The van der Waals surface area contributed by atoms with Gasteiger partial charge in [-0.15, -0.1) is 0 Å². The van der Waals surface area contributed by atoms with Gasteiger partial charge in [-0.05, 0) is 18.8 Å². The Bertz CT molecular complexity index is 339. The molecule has 0 amide bonds. The van der Waals surface area contributed by atoms with Crippen LogP contribution in [0.5, 0.6) is 0 Å². The highest BCUT2D eigenvalue weighted by Gasteiger charge is 2.37. The van der Waals surface area contributed by atoms with Crippen LogP contribution in [0.2, 0.25) is 0 Å². The van der Waals surface area contributed by atoms with E-state index in [0.29, 0.717) is 6.42 Å². The van der Waals surface area contributed by atoms with Gasteiger partial charge >= 0.3 is 5.97 Å². The molecule has 0 bridgehead atoms. The van der Waals surface area contributed by atoms with Crippen LogP contribution in [0.25, 0.3) is 0 Å². The predicted octanol–water partition coefficient (Wildman–Crippen LogP) is -0.896. The first-order chi connectivity index (χ1) is 6.86. The summed E-state index contributed by atoms with van der Waals surface area (Å²) in [5.74, 6) is -1.29. The van der Waals surface area contributed by atoms with E-state index in [2.05, 4.69) is 0 Å². The van der Waals surface area contributed by atoms with E-state index in [1.807, 2.05) is 0 Å². The maximum absolute atomic E-state index is 11.3. The summed E-state index contributed by atoms with van der Waals surface area (Å²) in [6, 6.07) is -0.984. The highest BCUT2D eigenvalue weighted by molar-refractivity contribution is 7.88. The summed E-state index contributed by atoms with van der Waals surface area (Å²) >= 11 is 0. The van der Waals surface area contributed by atoms with E-state index in [1.54, 1.807) is 0 Å². The van der Waals surface area contributed by atoms with Crippen LogP contribution >= 0.6 is 0 Å². The minimum absolute atomic E-state index is 0.0896. The zero-order chi connectivity index (χ0) is 11.6. The topological polar surface area (TPSA) is 94.9 Å². The first-order valence-electron chi connectivity index (χ1n) is 4.66. The Balaban J connectivity index is 2.88. The third kappa shape index (κ3) is 2.90. The Kier molecular flexibility index (Phi) is 3.69. The number of carboxylic acid groups (broad SMARTS) is 1. The van der Waals surface area contributed by atoms with Gasteiger partial charge in [-0.1, -0.05) is 0 Å². The van der Waals surface area contributed by atoms with E-state index in [0.717, 1.165) is 10.6 Å². The van der Waals surface area contributed by atoms with E-state index in [-0.39, 0.29) is 25.5 Å². The maximum Gasteiger partial charge on any atom is 0.322 e. The van der Waals surface area contributed by atoms with Crippen LogP contribution in [-0.2, 0) is 14.8 Å². The number of nitrogens with zero attached hydrogens (tertiary/aromatic N) is 1. The molecular weight excluding hydrogens is 222 g/mol. The predicted molar refractivity (Wildman–Crippen MR) is 52.8 cm³/mol. The quantitative estimate of drug-likeness (QED) is 0.663. The van der Waals surface area contributed by atoms with Crippen molar-refractivity contribution in [3.8, 4) is 0 Å². The largest absolute Gasteiger partial charge is 0.480 e. The van der Waals surface area contributed by atoms with Crippen molar-refractivity contribution in [2.75, 3.05) is 19.4 Å². The van der Waals surface area contributed by atoms with Gasteiger partial charge in [-0.25, -0.2) is 8.42 Å². The van der Waals surface area contributed by atoms with E-state index in [1.165, 1.54) is 0 Å². The van der Waals surface area contributed by atoms with Gasteiger partial charge in [-0.2, -0.15) is 4.31 Å². The van der Waals surface area contributed by atoms with Crippen molar-refractivity contribution < 1.29 is 23.4 Å². The van der Waals surface area contributed by atoms with Crippen molar-refractivity contribution in [1.29, 1.82) is 0 Å². The monoisotopic (exact) mass is 237 g/mol. The second kappa shape index (κ2) is 4.46. The van der Waals surface area contributed by atoms with Gasteiger partial charge in [0.25, 0.3) is 0 Å². The van der Waals surface area contributed by atoms with Crippen LogP contribution in [-0.4, -0.2) is 54.4 Å².